The van der Waals surface area contributed by atoms with Crippen molar-refractivity contribution in [2.45, 2.75) is 13.3 Å². The Morgan fingerprint density at radius 2 is 2.11 bits per heavy atom. The minimum absolute atomic E-state index is 0.0549. The maximum Gasteiger partial charge on any atom is 0.319 e. The van der Waals surface area contributed by atoms with Crippen LogP contribution in [0.5, 0.6) is 0 Å². The Hall–Kier alpha value is -2.48. The van der Waals surface area contributed by atoms with Gasteiger partial charge in [0.05, 0.1) is 6.54 Å². The average Bonchev–Trinajstić information content (AvgIpc) is 2.43. The highest BCUT2D eigenvalue weighted by atomic mass is 16.2. The predicted octanol–water partition coefficient (Wildman–Crippen LogP) is 1.32. The number of hydrogen-bond acceptors (Lipinski definition) is 2. The second-order valence-corrected chi connectivity index (χ2v) is 3.88. The van der Waals surface area contributed by atoms with Crippen LogP contribution < -0.4 is 16.0 Å². The third kappa shape index (κ3) is 5.59. The number of urea groups is 1. The van der Waals surface area contributed by atoms with Crippen LogP contribution in [-0.2, 0) is 4.79 Å². The molecular weight excluding hydrogens is 242 g/mol. The Morgan fingerprint density at radius 3 is 2.79 bits per heavy atom. The number of hydrogen-bond donors (Lipinski definition) is 3. The standard InChI is InChI=1S/C14H17N3O2/c1-3-8-15-13(18)10-16-14(19)17-12-7-5-6-11(4-2)9-12/h2,5-7,9H,3,8,10H2,1H3,(H,15,18)(H2,16,17,19). The third-order valence-corrected chi connectivity index (χ3v) is 2.27. The van der Waals surface area contributed by atoms with Crippen molar-refractivity contribution in [2.24, 2.45) is 0 Å². The Balaban J connectivity index is 2.39. The van der Waals surface area contributed by atoms with E-state index < -0.39 is 6.03 Å². The molecule has 0 aliphatic heterocycles. The summed E-state index contributed by atoms with van der Waals surface area (Å²) in [5.74, 6) is 2.26. The minimum atomic E-state index is -0.444. The minimum Gasteiger partial charge on any atom is -0.355 e. The second kappa shape index (κ2) is 7.77. The zero-order chi connectivity index (χ0) is 14.1. The molecule has 0 spiro atoms. The molecule has 3 amide bonds. The lowest BCUT2D eigenvalue weighted by molar-refractivity contribution is -0.120. The van der Waals surface area contributed by atoms with E-state index in [1.165, 1.54) is 0 Å². The number of carbonyl (C=O) groups excluding carboxylic acids is 2. The molecule has 0 saturated carbocycles. The van der Waals surface area contributed by atoms with Gasteiger partial charge in [0.1, 0.15) is 0 Å². The fourth-order valence-corrected chi connectivity index (χ4v) is 1.35. The van der Waals surface area contributed by atoms with Crippen molar-refractivity contribution in [1.29, 1.82) is 0 Å². The van der Waals surface area contributed by atoms with Gasteiger partial charge in [-0.3, -0.25) is 4.79 Å². The lowest BCUT2D eigenvalue weighted by Crippen LogP contribution is -2.39. The maximum absolute atomic E-state index is 11.5. The lowest BCUT2D eigenvalue weighted by atomic mass is 10.2. The molecule has 3 N–H and O–H groups in total. The van der Waals surface area contributed by atoms with E-state index in [0.29, 0.717) is 17.8 Å². The van der Waals surface area contributed by atoms with Crippen LogP contribution in [0.4, 0.5) is 10.5 Å². The largest absolute Gasteiger partial charge is 0.355 e. The number of terminal acetylenes is 1. The van der Waals surface area contributed by atoms with Crippen molar-refractivity contribution in [1.82, 2.24) is 10.6 Å². The summed E-state index contributed by atoms with van der Waals surface area (Å²) in [5.41, 5.74) is 1.26. The van der Waals surface area contributed by atoms with Gasteiger partial charge in [-0.05, 0) is 24.6 Å². The van der Waals surface area contributed by atoms with Crippen molar-refractivity contribution in [3.8, 4) is 12.3 Å². The van der Waals surface area contributed by atoms with E-state index in [4.69, 9.17) is 6.42 Å². The molecule has 5 nitrogen and oxygen atoms in total. The predicted molar refractivity (Wildman–Crippen MR) is 74.7 cm³/mol. The summed E-state index contributed by atoms with van der Waals surface area (Å²) in [5, 5.41) is 7.73. The quantitative estimate of drug-likeness (QED) is 0.698. The highest BCUT2D eigenvalue weighted by molar-refractivity contribution is 5.92. The second-order valence-electron chi connectivity index (χ2n) is 3.88. The molecular formula is C14H17N3O2. The molecule has 5 heteroatoms. The van der Waals surface area contributed by atoms with E-state index in [1.54, 1.807) is 24.3 Å². The molecule has 0 unspecified atom stereocenters. The zero-order valence-electron chi connectivity index (χ0n) is 10.8. The molecule has 0 aliphatic carbocycles. The van der Waals surface area contributed by atoms with E-state index in [1.807, 2.05) is 6.92 Å². The number of nitrogens with one attached hydrogen (secondary N) is 3. The van der Waals surface area contributed by atoms with Gasteiger partial charge >= 0.3 is 6.03 Å². The summed E-state index contributed by atoms with van der Waals surface area (Å²) in [6, 6.07) is 6.47. The Bertz CT molecular complexity index is 492. The van der Waals surface area contributed by atoms with Gasteiger partial charge in [0, 0.05) is 17.8 Å². The van der Waals surface area contributed by atoms with E-state index >= 15 is 0 Å². The molecule has 1 rings (SSSR count). The lowest BCUT2D eigenvalue weighted by Gasteiger charge is -2.08. The molecule has 0 heterocycles. The van der Waals surface area contributed by atoms with Gasteiger partial charge in [0.15, 0.2) is 0 Å². The smallest absolute Gasteiger partial charge is 0.319 e. The first-order valence-corrected chi connectivity index (χ1v) is 6.04. The molecule has 0 saturated heterocycles. The van der Waals surface area contributed by atoms with Gasteiger partial charge in [-0.15, -0.1) is 6.42 Å². The van der Waals surface area contributed by atoms with Gasteiger partial charge in [0.2, 0.25) is 5.91 Å². The summed E-state index contributed by atoms with van der Waals surface area (Å²) < 4.78 is 0. The van der Waals surface area contributed by atoms with Crippen LogP contribution in [0.2, 0.25) is 0 Å². The molecule has 19 heavy (non-hydrogen) atoms. The van der Waals surface area contributed by atoms with Crippen LogP contribution in [0, 0.1) is 12.3 Å². The molecule has 0 radical (unpaired) electrons. The van der Waals surface area contributed by atoms with E-state index in [9.17, 15) is 9.59 Å². The topological polar surface area (TPSA) is 70.2 Å². The highest BCUT2D eigenvalue weighted by Gasteiger charge is 2.04. The third-order valence-electron chi connectivity index (χ3n) is 2.27. The number of carbonyl (C=O) groups is 2. The average molecular weight is 259 g/mol. The van der Waals surface area contributed by atoms with Gasteiger partial charge in [0.25, 0.3) is 0 Å². The van der Waals surface area contributed by atoms with Crippen molar-refractivity contribution in [2.75, 3.05) is 18.4 Å². The number of amides is 3. The first-order valence-electron chi connectivity index (χ1n) is 6.04. The Labute approximate surface area is 112 Å². The maximum atomic E-state index is 11.5. The van der Waals surface area contributed by atoms with Gasteiger partial charge < -0.3 is 16.0 Å². The van der Waals surface area contributed by atoms with E-state index in [2.05, 4.69) is 21.9 Å². The van der Waals surface area contributed by atoms with Crippen molar-refractivity contribution >= 4 is 17.6 Å². The summed E-state index contributed by atoms with van der Waals surface area (Å²) in [6.07, 6.45) is 6.12. The van der Waals surface area contributed by atoms with Crippen LogP contribution >= 0.6 is 0 Å². The van der Waals surface area contributed by atoms with E-state index in [-0.39, 0.29) is 12.5 Å². The summed E-state index contributed by atoms with van der Waals surface area (Å²) in [6.45, 7) is 2.51. The SMILES string of the molecule is C#Cc1cccc(NC(=O)NCC(=O)NCCC)c1. The normalized spacial score (nSPS) is 9.26. The van der Waals surface area contributed by atoms with Gasteiger partial charge in [-0.25, -0.2) is 4.79 Å². The molecule has 1 aromatic carbocycles. The van der Waals surface area contributed by atoms with Crippen LogP contribution in [-0.4, -0.2) is 25.0 Å². The number of anilines is 1. The fraction of sp³-hybridized carbons (Fsp3) is 0.286. The van der Waals surface area contributed by atoms with Crippen molar-refractivity contribution in [3.63, 3.8) is 0 Å². The van der Waals surface area contributed by atoms with Crippen LogP contribution in [0.25, 0.3) is 0 Å². The first-order chi connectivity index (χ1) is 9.15. The molecule has 0 aliphatic rings. The van der Waals surface area contributed by atoms with Gasteiger partial charge in [-0.2, -0.15) is 0 Å². The molecule has 0 fully saturated rings. The molecule has 1 aromatic rings. The van der Waals surface area contributed by atoms with Crippen molar-refractivity contribution in [3.05, 3.63) is 29.8 Å². The summed E-state index contributed by atoms with van der Waals surface area (Å²) in [7, 11) is 0. The fourth-order valence-electron chi connectivity index (χ4n) is 1.35. The Kier molecular flexibility index (Phi) is 5.96. The van der Waals surface area contributed by atoms with E-state index in [0.717, 1.165) is 6.42 Å². The Morgan fingerprint density at radius 1 is 1.32 bits per heavy atom. The molecule has 0 bridgehead atoms. The van der Waals surface area contributed by atoms with Crippen LogP contribution in [0.15, 0.2) is 24.3 Å². The number of benzene rings is 1. The first kappa shape index (κ1) is 14.6. The van der Waals surface area contributed by atoms with Crippen LogP contribution in [0.3, 0.4) is 0 Å². The van der Waals surface area contributed by atoms with Crippen LogP contribution in [0.1, 0.15) is 18.9 Å². The molecule has 0 aromatic heterocycles. The molecule has 0 atom stereocenters. The summed E-state index contributed by atoms with van der Waals surface area (Å²) in [4.78, 5) is 22.8. The number of rotatable bonds is 5. The van der Waals surface area contributed by atoms with Crippen molar-refractivity contribution < 1.29 is 9.59 Å². The monoisotopic (exact) mass is 259 g/mol. The highest BCUT2D eigenvalue weighted by Crippen LogP contribution is 2.09. The summed E-state index contributed by atoms with van der Waals surface area (Å²) >= 11 is 0. The molecule has 100 valence electrons. The zero-order valence-corrected chi connectivity index (χ0v) is 10.8. The van der Waals surface area contributed by atoms with Gasteiger partial charge in [-0.1, -0.05) is 18.9 Å².